The molecule has 7 heteroatoms. The first-order chi connectivity index (χ1) is 8.22. The van der Waals surface area contributed by atoms with Crippen LogP contribution in [0, 0.1) is 0 Å². The van der Waals surface area contributed by atoms with Crippen LogP contribution < -0.4 is 5.56 Å². The third-order valence-electron chi connectivity index (χ3n) is 2.70. The Labute approximate surface area is 97.1 Å². The summed E-state index contributed by atoms with van der Waals surface area (Å²) in [7, 11) is 0. The van der Waals surface area contributed by atoms with Crippen LogP contribution >= 0.6 is 0 Å². The summed E-state index contributed by atoms with van der Waals surface area (Å²) in [6.45, 7) is 1.86. The van der Waals surface area contributed by atoms with E-state index in [0.29, 0.717) is 26.2 Å². The predicted molar refractivity (Wildman–Crippen MR) is 58.4 cm³/mol. The van der Waals surface area contributed by atoms with Crippen molar-refractivity contribution in [2.75, 3.05) is 26.2 Å². The van der Waals surface area contributed by atoms with Crippen molar-refractivity contribution in [1.29, 1.82) is 0 Å². The van der Waals surface area contributed by atoms with Crippen LogP contribution in [0.25, 0.3) is 0 Å². The Morgan fingerprint density at radius 1 is 1.35 bits per heavy atom. The third kappa shape index (κ3) is 2.32. The van der Waals surface area contributed by atoms with E-state index in [0.717, 1.165) is 6.41 Å². The number of hydrogen-bond acceptors (Lipinski definition) is 4. The minimum Gasteiger partial charge on any atom is -0.342 e. The maximum absolute atomic E-state index is 12.0. The van der Waals surface area contributed by atoms with Crippen molar-refractivity contribution in [3.05, 3.63) is 28.4 Å². The Morgan fingerprint density at radius 3 is 2.65 bits per heavy atom. The second-order valence-corrected chi connectivity index (χ2v) is 3.73. The molecule has 2 amide bonds. The topological polar surface area (TPSA) is 86.4 Å². The normalized spacial score (nSPS) is 15.8. The van der Waals surface area contributed by atoms with Crippen LogP contribution in [0.2, 0.25) is 0 Å². The van der Waals surface area contributed by atoms with E-state index in [-0.39, 0.29) is 11.5 Å². The SMILES string of the molecule is O=CN1CCN(C(=O)c2cnc[nH]c2=O)CC1. The van der Waals surface area contributed by atoms with Gasteiger partial charge in [0.15, 0.2) is 0 Å². The summed E-state index contributed by atoms with van der Waals surface area (Å²) >= 11 is 0. The lowest BCUT2D eigenvalue weighted by atomic mass is 10.2. The number of nitrogens with zero attached hydrogens (tertiary/aromatic N) is 3. The summed E-state index contributed by atoms with van der Waals surface area (Å²) in [5, 5.41) is 0. The molecule has 7 nitrogen and oxygen atoms in total. The van der Waals surface area contributed by atoms with Gasteiger partial charge >= 0.3 is 0 Å². The Kier molecular flexibility index (Phi) is 3.17. The third-order valence-corrected chi connectivity index (χ3v) is 2.70. The molecule has 0 bridgehead atoms. The molecule has 2 rings (SSSR count). The molecule has 0 atom stereocenters. The van der Waals surface area contributed by atoms with E-state index >= 15 is 0 Å². The molecule has 1 aromatic rings. The van der Waals surface area contributed by atoms with E-state index in [2.05, 4.69) is 9.97 Å². The van der Waals surface area contributed by atoms with E-state index in [9.17, 15) is 14.4 Å². The number of hydrogen-bond donors (Lipinski definition) is 1. The Hall–Kier alpha value is -2.18. The van der Waals surface area contributed by atoms with Gasteiger partial charge < -0.3 is 14.8 Å². The zero-order valence-electron chi connectivity index (χ0n) is 9.13. The van der Waals surface area contributed by atoms with Gasteiger partial charge in [-0.05, 0) is 0 Å². The van der Waals surface area contributed by atoms with Gasteiger partial charge in [0.1, 0.15) is 5.56 Å². The van der Waals surface area contributed by atoms with Gasteiger partial charge in [-0.2, -0.15) is 0 Å². The molecule has 1 N–H and O–H groups in total. The van der Waals surface area contributed by atoms with Gasteiger partial charge in [-0.15, -0.1) is 0 Å². The van der Waals surface area contributed by atoms with Crippen molar-refractivity contribution in [3.8, 4) is 0 Å². The van der Waals surface area contributed by atoms with Gasteiger partial charge in [-0.25, -0.2) is 4.98 Å². The highest BCUT2D eigenvalue weighted by Gasteiger charge is 2.23. The average molecular weight is 236 g/mol. The fourth-order valence-electron chi connectivity index (χ4n) is 1.70. The van der Waals surface area contributed by atoms with E-state index in [1.54, 1.807) is 9.80 Å². The van der Waals surface area contributed by atoms with Crippen LogP contribution in [-0.2, 0) is 4.79 Å². The minimum absolute atomic E-state index is 0.0343. The van der Waals surface area contributed by atoms with Crippen molar-refractivity contribution in [3.63, 3.8) is 0 Å². The first-order valence-corrected chi connectivity index (χ1v) is 5.23. The molecule has 0 saturated carbocycles. The summed E-state index contributed by atoms with van der Waals surface area (Å²) in [4.78, 5) is 43.1. The maximum Gasteiger partial charge on any atom is 0.263 e. The number of carbonyl (C=O) groups excluding carboxylic acids is 2. The molecule has 0 aromatic carbocycles. The van der Waals surface area contributed by atoms with Gasteiger partial charge in [0.2, 0.25) is 6.41 Å². The molecule has 1 aliphatic heterocycles. The second kappa shape index (κ2) is 4.77. The van der Waals surface area contributed by atoms with Crippen LogP contribution in [0.3, 0.4) is 0 Å². The van der Waals surface area contributed by atoms with Crippen molar-refractivity contribution in [1.82, 2.24) is 19.8 Å². The summed E-state index contributed by atoms with van der Waals surface area (Å²) in [6, 6.07) is 0. The Balaban J connectivity index is 2.10. The summed E-state index contributed by atoms with van der Waals surface area (Å²) in [6.07, 6.45) is 3.26. The smallest absolute Gasteiger partial charge is 0.263 e. The second-order valence-electron chi connectivity index (χ2n) is 3.73. The fraction of sp³-hybridized carbons (Fsp3) is 0.400. The van der Waals surface area contributed by atoms with Crippen LogP contribution in [-0.4, -0.2) is 58.3 Å². The lowest BCUT2D eigenvalue weighted by Crippen LogP contribution is -2.49. The highest BCUT2D eigenvalue weighted by atomic mass is 16.2. The Morgan fingerprint density at radius 2 is 2.06 bits per heavy atom. The quantitative estimate of drug-likeness (QED) is 0.645. The molecule has 0 unspecified atom stereocenters. The van der Waals surface area contributed by atoms with Crippen molar-refractivity contribution in [2.45, 2.75) is 0 Å². The molecule has 17 heavy (non-hydrogen) atoms. The van der Waals surface area contributed by atoms with Crippen LogP contribution in [0.15, 0.2) is 17.3 Å². The average Bonchev–Trinajstić information content (AvgIpc) is 2.39. The molecule has 1 fully saturated rings. The monoisotopic (exact) mass is 236 g/mol. The summed E-state index contributed by atoms with van der Waals surface area (Å²) in [5.74, 6) is -0.343. The molecule has 1 saturated heterocycles. The van der Waals surface area contributed by atoms with Crippen molar-refractivity contribution >= 4 is 12.3 Å². The van der Waals surface area contributed by atoms with E-state index in [1.165, 1.54) is 12.5 Å². The lowest BCUT2D eigenvalue weighted by Gasteiger charge is -2.32. The Bertz CT molecular complexity index is 476. The molecule has 90 valence electrons. The van der Waals surface area contributed by atoms with Gasteiger partial charge in [0.05, 0.1) is 6.33 Å². The molecule has 1 aromatic heterocycles. The highest BCUT2D eigenvalue weighted by Crippen LogP contribution is 2.03. The standard InChI is InChI=1S/C10H12N4O3/c15-7-13-1-3-14(4-2-13)10(17)8-5-11-6-12-9(8)16/h5-7H,1-4H2,(H,11,12,16). The number of amides is 2. The van der Waals surface area contributed by atoms with Crippen molar-refractivity contribution < 1.29 is 9.59 Å². The highest BCUT2D eigenvalue weighted by molar-refractivity contribution is 5.93. The molecule has 1 aliphatic rings. The number of H-pyrrole nitrogens is 1. The van der Waals surface area contributed by atoms with Gasteiger partial charge in [-0.1, -0.05) is 0 Å². The largest absolute Gasteiger partial charge is 0.342 e. The first kappa shape index (κ1) is 11.3. The van der Waals surface area contributed by atoms with Crippen LogP contribution in [0.1, 0.15) is 10.4 Å². The van der Waals surface area contributed by atoms with Gasteiger partial charge in [-0.3, -0.25) is 14.4 Å². The number of piperazine rings is 1. The molecular weight excluding hydrogens is 224 g/mol. The predicted octanol–water partition coefficient (Wildman–Crippen LogP) is -1.32. The first-order valence-electron chi connectivity index (χ1n) is 5.23. The fourth-order valence-corrected chi connectivity index (χ4v) is 1.70. The molecule has 0 aliphatic carbocycles. The number of carbonyl (C=O) groups is 2. The number of nitrogens with one attached hydrogen (secondary N) is 1. The maximum atomic E-state index is 12.0. The van der Waals surface area contributed by atoms with Gasteiger partial charge in [0, 0.05) is 32.4 Å². The lowest BCUT2D eigenvalue weighted by molar-refractivity contribution is -0.119. The minimum atomic E-state index is -0.442. The van der Waals surface area contributed by atoms with Gasteiger partial charge in [0.25, 0.3) is 11.5 Å². The molecule has 0 radical (unpaired) electrons. The molecule has 0 spiro atoms. The molecule has 2 heterocycles. The van der Waals surface area contributed by atoms with E-state index in [4.69, 9.17) is 0 Å². The zero-order chi connectivity index (χ0) is 12.3. The molecular formula is C10H12N4O3. The number of aromatic amines is 1. The number of rotatable bonds is 2. The van der Waals surface area contributed by atoms with Crippen molar-refractivity contribution in [2.24, 2.45) is 0 Å². The number of aromatic nitrogens is 2. The zero-order valence-corrected chi connectivity index (χ0v) is 9.13. The van der Waals surface area contributed by atoms with Crippen LogP contribution in [0.5, 0.6) is 0 Å². The van der Waals surface area contributed by atoms with E-state index < -0.39 is 5.56 Å². The summed E-state index contributed by atoms with van der Waals surface area (Å²) in [5.41, 5.74) is -0.408. The van der Waals surface area contributed by atoms with E-state index in [1.807, 2.05) is 0 Å². The summed E-state index contributed by atoms with van der Waals surface area (Å²) < 4.78 is 0. The van der Waals surface area contributed by atoms with Crippen LogP contribution in [0.4, 0.5) is 0 Å².